The molecule has 0 bridgehead atoms. The summed E-state index contributed by atoms with van der Waals surface area (Å²) in [7, 11) is 0. The van der Waals surface area contributed by atoms with Crippen LogP contribution >= 0.6 is 0 Å². The van der Waals surface area contributed by atoms with E-state index >= 15 is 0 Å². The molecule has 5 nitrogen and oxygen atoms in total. The van der Waals surface area contributed by atoms with Gasteiger partial charge in [-0.15, -0.1) is 0 Å². The molecule has 0 aromatic carbocycles. The first-order valence-corrected chi connectivity index (χ1v) is 7.71. The lowest BCUT2D eigenvalue weighted by molar-refractivity contribution is -0.130. The zero-order valence-corrected chi connectivity index (χ0v) is 12.1. The fraction of sp³-hybridized carbons (Fsp3) is 0.562. The largest absolute Gasteiger partial charge is 0.350 e. The highest BCUT2D eigenvalue weighted by atomic mass is 16.2. The number of hydrogen-bond donors (Lipinski definition) is 1. The molecule has 2 amide bonds. The van der Waals surface area contributed by atoms with Crippen molar-refractivity contribution in [2.75, 3.05) is 6.54 Å². The van der Waals surface area contributed by atoms with Crippen LogP contribution in [-0.2, 0) is 16.1 Å². The van der Waals surface area contributed by atoms with Gasteiger partial charge in [0.2, 0.25) is 11.8 Å². The second-order valence-corrected chi connectivity index (χ2v) is 5.92. The molecule has 2 fully saturated rings. The van der Waals surface area contributed by atoms with E-state index in [4.69, 9.17) is 0 Å². The number of amides is 2. The van der Waals surface area contributed by atoms with Crippen molar-refractivity contribution in [3.63, 3.8) is 0 Å². The lowest BCUT2D eigenvalue weighted by Gasteiger charge is -2.23. The highest BCUT2D eigenvalue weighted by Crippen LogP contribution is 2.29. The summed E-state index contributed by atoms with van der Waals surface area (Å²) in [6, 6.07) is 5.99. The molecule has 21 heavy (non-hydrogen) atoms. The Morgan fingerprint density at radius 1 is 1.33 bits per heavy atom. The van der Waals surface area contributed by atoms with Crippen LogP contribution in [0.4, 0.5) is 0 Å². The third-order valence-electron chi connectivity index (χ3n) is 4.46. The second-order valence-electron chi connectivity index (χ2n) is 5.92. The van der Waals surface area contributed by atoms with Gasteiger partial charge in [0.1, 0.15) is 0 Å². The molecule has 3 rings (SSSR count). The number of rotatable bonds is 4. The van der Waals surface area contributed by atoms with Gasteiger partial charge >= 0.3 is 0 Å². The first-order valence-electron chi connectivity index (χ1n) is 7.71. The quantitative estimate of drug-likeness (QED) is 0.912. The maximum Gasteiger partial charge on any atom is 0.225 e. The van der Waals surface area contributed by atoms with Crippen molar-refractivity contribution >= 4 is 11.8 Å². The van der Waals surface area contributed by atoms with Crippen LogP contribution < -0.4 is 5.32 Å². The van der Waals surface area contributed by atoms with Crippen molar-refractivity contribution in [3.05, 3.63) is 30.1 Å². The smallest absolute Gasteiger partial charge is 0.225 e. The normalized spacial score (nSPS) is 22.8. The van der Waals surface area contributed by atoms with Crippen molar-refractivity contribution in [1.29, 1.82) is 0 Å². The van der Waals surface area contributed by atoms with E-state index in [0.29, 0.717) is 25.6 Å². The Morgan fingerprint density at radius 2 is 2.14 bits per heavy atom. The van der Waals surface area contributed by atoms with Gasteiger partial charge in [0, 0.05) is 25.2 Å². The molecule has 1 unspecified atom stereocenters. The molecule has 2 aliphatic rings. The molecule has 1 aromatic heterocycles. The van der Waals surface area contributed by atoms with E-state index in [-0.39, 0.29) is 17.7 Å². The SMILES string of the molecule is O=C(NCc1ccccn1)C1CC(=O)N(C2CCCC2)C1. The number of nitrogens with one attached hydrogen (secondary N) is 1. The van der Waals surface area contributed by atoms with E-state index < -0.39 is 0 Å². The van der Waals surface area contributed by atoms with Gasteiger partial charge in [0.05, 0.1) is 18.2 Å². The maximum absolute atomic E-state index is 12.2. The molecular formula is C16H21N3O2. The minimum absolute atomic E-state index is 0.0329. The highest BCUT2D eigenvalue weighted by Gasteiger charge is 2.38. The zero-order chi connectivity index (χ0) is 14.7. The fourth-order valence-corrected chi connectivity index (χ4v) is 3.30. The standard InChI is InChI=1S/C16H21N3O2/c20-15-9-12(11-19(15)14-6-1-2-7-14)16(21)18-10-13-5-3-4-8-17-13/h3-5,8,12,14H,1-2,6-7,9-11H2,(H,18,21). The number of likely N-dealkylation sites (tertiary alicyclic amines) is 1. The molecule has 1 N–H and O–H groups in total. The van der Waals surface area contributed by atoms with Crippen LogP contribution in [0, 0.1) is 5.92 Å². The molecule has 1 saturated heterocycles. The summed E-state index contributed by atoms with van der Waals surface area (Å²) in [4.78, 5) is 30.4. The molecule has 1 saturated carbocycles. The number of nitrogens with zero attached hydrogens (tertiary/aromatic N) is 2. The lowest BCUT2D eigenvalue weighted by atomic mass is 10.1. The van der Waals surface area contributed by atoms with Crippen molar-refractivity contribution in [3.8, 4) is 0 Å². The van der Waals surface area contributed by atoms with Crippen molar-refractivity contribution in [2.24, 2.45) is 5.92 Å². The van der Waals surface area contributed by atoms with E-state index in [1.807, 2.05) is 23.1 Å². The average molecular weight is 287 g/mol. The van der Waals surface area contributed by atoms with E-state index in [9.17, 15) is 9.59 Å². The van der Waals surface area contributed by atoms with Crippen LogP contribution in [0.3, 0.4) is 0 Å². The van der Waals surface area contributed by atoms with Gasteiger partial charge < -0.3 is 10.2 Å². The maximum atomic E-state index is 12.2. The Labute approximate surface area is 124 Å². The predicted molar refractivity (Wildman–Crippen MR) is 78.2 cm³/mol. The van der Waals surface area contributed by atoms with Gasteiger partial charge in [-0.2, -0.15) is 0 Å². The number of hydrogen-bond acceptors (Lipinski definition) is 3. The number of carbonyl (C=O) groups excluding carboxylic acids is 2. The molecule has 1 aliphatic heterocycles. The molecule has 2 heterocycles. The summed E-state index contributed by atoms with van der Waals surface area (Å²) in [5, 5.41) is 2.89. The number of pyridine rings is 1. The lowest BCUT2D eigenvalue weighted by Crippen LogP contribution is -2.36. The molecule has 0 radical (unpaired) electrons. The van der Waals surface area contributed by atoms with E-state index in [0.717, 1.165) is 18.5 Å². The highest BCUT2D eigenvalue weighted by molar-refractivity contribution is 5.89. The third-order valence-corrected chi connectivity index (χ3v) is 4.46. The van der Waals surface area contributed by atoms with Crippen LogP contribution in [0.2, 0.25) is 0 Å². The first-order chi connectivity index (χ1) is 10.2. The van der Waals surface area contributed by atoms with Crippen molar-refractivity contribution < 1.29 is 9.59 Å². The van der Waals surface area contributed by atoms with Crippen LogP contribution in [0.5, 0.6) is 0 Å². The summed E-state index contributed by atoms with van der Waals surface area (Å²) in [5.41, 5.74) is 0.836. The van der Waals surface area contributed by atoms with Gasteiger partial charge in [-0.3, -0.25) is 14.6 Å². The zero-order valence-electron chi connectivity index (χ0n) is 12.1. The molecule has 0 spiro atoms. The Hall–Kier alpha value is -1.91. The summed E-state index contributed by atoms with van der Waals surface area (Å²) < 4.78 is 0. The minimum Gasteiger partial charge on any atom is -0.350 e. The monoisotopic (exact) mass is 287 g/mol. The summed E-state index contributed by atoms with van der Waals surface area (Å²) in [6.45, 7) is 1.01. The number of aromatic nitrogens is 1. The van der Waals surface area contributed by atoms with Gasteiger partial charge in [-0.1, -0.05) is 18.9 Å². The Kier molecular flexibility index (Phi) is 4.18. The Bertz CT molecular complexity index is 512. The summed E-state index contributed by atoms with van der Waals surface area (Å²) in [6.07, 6.45) is 6.64. The van der Waals surface area contributed by atoms with E-state index in [1.165, 1.54) is 12.8 Å². The van der Waals surface area contributed by atoms with Crippen LogP contribution in [0.15, 0.2) is 24.4 Å². The summed E-state index contributed by atoms with van der Waals surface area (Å²) >= 11 is 0. The van der Waals surface area contributed by atoms with Crippen molar-refractivity contribution in [2.45, 2.75) is 44.7 Å². The Morgan fingerprint density at radius 3 is 2.86 bits per heavy atom. The second kappa shape index (κ2) is 6.24. The van der Waals surface area contributed by atoms with Gasteiger partial charge in [-0.05, 0) is 25.0 Å². The fourth-order valence-electron chi connectivity index (χ4n) is 3.30. The summed E-state index contributed by atoms with van der Waals surface area (Å²) in [5.74, 6) is -0.101. The third kappa shape index (κ3) is 3.23. The van der Waals surface area contributed by atoms with Crippen LogP contribution in [0.25, 0.3) is 0 Å². The van der Waals surface area contributed by atoms with E-state index in [2.05, 4.69) is 10.3 Å². The van der Waals surface area contributed by atoms with E-state index in [1.54, 1.807) is 6.20 Å². The Balaban J connectivity index is 1.52. The van der Waals surface area contributed by atoms with Crippen LogP contribution in [0.1, 0.15) is 37.8 Å². The minimum atomic E-state index is -0.207. The molecule has 1 aromatic rings. The van der Waals surface area contributed by atoms with Gasteiger partial charge in [-0.25, -0.2) is 0 Å². The topological polar surface area (TPSA) is 62.3 Å². The average Bonchev–Trinajstić information content (AvgIpc) is 3.15. The number of carbonyl (C=O) groups is 2. The van der Waals surface area contributed by atoms with Gasteiger partial charge in [0.25, 0.3) is 0 Å². The van der Waals surface area contributed by atoms with Gasteiger partial charge in [0.15, 0.2) is 0 Å². The predicted octanol–water partition coefficient (Wildman–Crippen LogP) is 1.49. The van der Waals surface area contributed by atoms with Crippen LogP contribution in [-0.4, -0.2) is 34.3 Å². The first kappa shape index (κ1) is 14.0. The van der Waals surface area contributed by atoms with Crippen molar-refractivity contribution in [1.82, 2.24) is 15.2 Å². The molecule has 1 aliphatic carbocycles. The molecular weight excluding hydrogens is 266 g/mol. The molecule has 5 heteroatoms. The molecule has 112 valence electrons. The molecule has 1 atom stereocenters.